The lowest BCUT2D eigenvalue weighted by Gasteiger charge is -2.35. The van der Waals surface area contributed by atoms with Crippen molar-refractivity contribution in [2.45, 2.75) is 58.7 Å². The molecule has 2 aliphatic heterocycles. The van der Waals surface area contributed by atoms with Crippen molar-refractivity contribution in [3.8, 4) is 11.4 Å². The third-order valence-corrected chi connectivity index (χ3v) is 7.23. The van der Waals surface area contributed by atoms with Gasteiger partial charge in [-0.25, -0.2) is 9.67 Å². The van der Waals surface area contributed by atoms with Crippen LogP contribution >= 0.6 is 0 Å². The molecule has 176 valence electrons. The van der Waals surface area contributed by atoms with Gasteiger partial charge in [0.15, 0.2) is 6.23 Å². The number of hydrogen-bond acceptors (Lipinski definition) is 5. The number of rotatable bonds is 5. The predicted molar refractivity (Wildman–Crippen MR) is 130 cm³/mol. The maximum Gasteiger partial charge on any atom is 0.150 e. The Balaban J connectivity index is 1.59. The van der Waals surface area contributed by atoms with Gasteiger partial charge in [-0.3, -0.25) is 4.98 Å². The molecule has 0 radical (unpaired) electrons. The van der Waals surface area contributed by atoms with Crippen LogP contribution in [-0.4, -0.2) is 57.9 Å². The molecule has 0 amide bonds. The fourth-order valence-electron chi connectivity index (χ4n) is 5.10. The van der Waals surface area contributed by atoms with Gasteiger partial charge >= 0.3 is 0 Å². The molecule has 0 spiro atoms. The average Bonchev–Trinajstić information content (AvgIpc) is 3.37. The number of allylic oxidation sites excluding steroid dienone is 1. The molecule has 1 aliphatic carbocycles. The Kier molecular flexibility index (Phi) is 6.34. The molecule has 1 saturated carbocycles. The fraction of sp³-hybridized carbons (Fsp3) is 0.577. The summed E-state index contributed by atoms with van der Waals surface area (Å²) in [4.78, 5) is 12.4. The summed E-state index contributed by atoms with van der Waals surface area (Å²) < 4.78 is 13.7. The smallest absolute Gasteiger partial charge is 0.150 e. The van der Waals surface area contributed by atoms with Crippen molar-refractivity contribution in [3.63, 3.8) is 0 Å². The van der Waals surface area contributed by atoms with Crippen LogP contribution in [0.3, 0.4) is 0 Å². The van der Waals surface area contributed by atoms with Crippen LogP contribution in [-0.2, 0) is 9.47 Å². The van der Waals surface area contributed by atoms with Gasteiger partial charge in [-0.05, 0) is 69.1 Å². The monoisotopic (exact) mass is 449 g/mol. The Morgan fingerprint density at radius 2 is 2.03 bits per heavy atom. The molecule has 2 aromatic rings. The van der Waals surface area contributed by atoms with E-state index in [4.69, 9.17) is 19.5 Å². The van der Waals surface area contributed by atoms with Crippen molar-refractivity contribution in [2.24, 2.45) is 16.8 Å². The second-order valence-corrected chi connectivity index (χ2v) is 9.66. The lowest BCUT2D eigenvalue weighted by atomic mass is 9.99. The van der Waals surface area contributed by atoms with E-state index in [1.807, 2.05) is 23.1 Å². The number of amidine groups is 1. The number of ether oxygens (including phenoxy) is 2. The number of pyridine rings is 1. The molecule has 0 bridgehead atoms. The SMILES string of the molecule is C=C(c1ccnc(-c2ccnn2C2CCCCO2)c1/N=C(\C)N1CCOC[C@H]1C)[C@H]1C[C@@H]1C. The maximum atomic E-state index is 6.05. The first kappa shape index (κ1) is 22.3. The van der Waals surface area contributed by atoms with Gasteiger partial charge in [0.25, 0.3) is 0 Å². The van der Waals surface area contributed by atoms with Gasteiger partial charge < -0.3 is 14.4 Å². The maximum absolute atomic E-state index is 6.05. The Bertz CT molecular complexity index is 1040. The number of aliphatic imine (C=N–C) groups is 1. The van der Waals surface area contributed by atoms with Crippen LogP contribution in [0.4, 0.5) is 5.69 Å². The van der Waals surface area contributed by atoms with E-state index in [-0.39, 0.29) is 6.23 Å². The lowest BCUT2D eigenvalue weighted by Crippen LogP contribution is -2.46. The number of morpholine rings is 1. The van der Waals surface area contributed by atoms with Crippen LogP contribution in [0, 0.1) is 11.8 Å². The quantitative estimate of drug-likeness (QED) is 0.470. The molecular weight excluding hydrogens is 414 g/mol. The normalized spacial score (nSPS) is 28.1. The van der Waals surface area contributed by atoms with Crippen LogP contribution in [0.2, 0.25) is 0 Å². The first-order chi connectivity index (χ1) is 16.0. The van der Waals surface area contributed by atoms with Gasteiger partial charge in [0.2, 0.25) is 0 Å². The summed E-state index contributed by atoms with van der Waals surface area (Å²) in [5, 5.41) is 4.63. The third kappa shape index (κ3) is 4.49. The minimum absolute atomic E-state index is 0.0574. The highest BCUT2D eigenvalue weighted by Crippen LogP contribution is 2.49. The van der Waals surface area contributed by atoms with Crippen molar-refractivity contribution < 1.29 is 9.47 Å². The second kappa shape index (κ2) is 9.39. The zero-order chi connectivity index (χ0) is 22.9. The molecule has 5 rings (SSSR count). The summed E-state index contributed by atoms with van der Waals surface area (Å²) in [5.74, 6) is 2.17. The first-order valence-electron chi connectivity index (χ1n) is 12.3. The van der Waals surface area contributed by atoms with Gasteiger partial charge in [-0.15, -0.1) is 0 Å². The second-order valence-electron chi connectivity index (χ2n) is 9.66. The Morgan fingerprint density at radius 3 is 2.76 bits per heavy atom. The van der Waals surface area contributed by atoms with Gasteiger partial charge in [-0.1, -0.05) is 13.5 Å². The molecule has 4 heterocycles. The molecule has 1 unspecified atom stereocenters. The summed E-state index contributed by atoms with van der Waals surface area (Å²) in [6.07, 6.45) is 8.06. The zero-order valence-corrected chi connectivity index (χ0v) is 20.0. The molecule has 7 nitrogen and oxygen atoms in total. The van der Waals surface area contributed by atoms with Crippen molar-refractivity contribution in [2.75, 3.05) is 26.4 Å². The van der Waals surface area contributed by atoms with Gasteiger partial charge in [0.05, 0.1) is 24.9 Å². The van der Waals surface area contributed by atoms with Crippen molar-refractivity contribution in [3.05, 3.63) is 36.7 Å². The van der Waals surface area contributed by atoms with E-state index in [2.05, 4.69) is 43.4 Å². The minimum atomic E-state index is -0.0574. The van der Waals surface area contributed by atoms with E-state index in [1.165, 1.54) is 6.42 Å². The highest BCUT2D eigenvalue weighted by Gasteiger charge is 2.36. The lowest BCUT2D eigenvalue weighted by molar-refractivity contribution is -0.0384. The predicted octanol–water partition coefficient (Wildman–Crippen LogP) is 5.08. The van der Waals surface area contributed by atoms with Gasteiger partial charge in [0.1, 0.15) is 17.2 Å². The molecule has 3 aliphatic rings. The van der Waals surface area contributed by atoms with Gasteiger partial charge in [-0.2, -0.15) is 5.10 Å². The molecular formula is C26H35N5O2. The summed E-state index contributed by atoms with van der Waals surface area (Å²) in [6, 6.07) is 4.39. The standard InChI is InChI=1S/C26H35N5O2/c1-17-15-22(17)19(3)21-8-10-27-26(23-9-11-28-31(23)24-7-5-6-13-33-24)25(21)29-20(4)30-12-14-32-16-18(30)2/h8-11,17-18,22,24H,3,5-7,12-16H2,1-2,4H3/b29-20+/t17-,18+,22-,24?/m0/s1. The molecule has 0 aromatic carbocycles. The molecule has 2 saturated heterocycles. The highest BCUT2D eigenvalue weighted by atomic mass is 16.5. The van der Waals surface area contributed by atoms with E-state index in [0.29, 0.717) is 17.9 Å². The number of nitrogens with zero attached hydrogens (tertiary/aromatic N) is 5. The van der Waals surface area contributed by atoms with Crippen molar-refractivity contribution >= 4 is 17.1 Å². The van der Waals surface area contributed by atoms with Crippen LogP contribution in [0.15, 0.2) is 36.1 Å². The summed E-state index contributed by atoms with van der Waals surface area (Å²) in [6.45, 7) is 14.1. The Morgan fingerprint density at radius 1 is 1.18 bits per heavy atom. The van der Waals surface area contributed by atoms with Crippen molar-refractivity contribution in [1.29, 1.82) is 0 Å². The number of hydrogen-bond donors (Lipinski definition) is 0. The average molecular weight is 450 g/mol. The van der Waals surface area contributed by atoms with Crippen molar-refractivity contribution in [1.82, 2.24) is 19.7 Å². The summed E-state index contributed by atoms with van der Waals surface area (Å²) in [5.41, 5.74) is 4.92. The highest BCUT2D eigenvalue weighted by molar-refractivity contribution is 5.90. The summed E-state index contributed by atoms with van der Waals surface area (Å²) >= 11 is 0. The molecule has 2 aromatic heterocycles. The third-order valence-electron chi connectivity index (χ3n) is 7.23. The molecule has 0 N–H and O–H groups in total. The van der Waals surface area contributed by atoms with E-state index in [0.717, 1.165) is 79.7 Å². The topological polar surface area (TPSA) is 64.8 Å². The van der Waals surface area contributed by atoms with E-state index in [1.54, 1.807) is 0 Å². The molecule has 33 heavy (non-hydrogen) atoms. The summed E-state index contributed by atoms with van der Waals surface area (Å²) in [7, 11) is 0. The Labute approximate surface area is 196 Å². The Hall–Kier alpha value is -2.51. The van der Waals surface area contributed by atoms with Gasteiger partial charge in [0, 0.05) is 31.1 Å². The van der Waals surface area contributed by atoms with E-state index in [9.17, 15) is 0 Å². The fourth-order valence-corrected chi connectivity index (χ4v) is 5.10. The van der Waals surface area contributed by atoms with E-state index < -0.39 is 0 Å². The number of aromatic nitrogens is 3. The molecule has 3 fully saturated rings. The van der Waals surface area contributed by atoms with Crippen LogP contribution in [0.25, 0.3) is 17.0 Å². The van der Waals surface area contributed by atoms with Crippen LogP contribution in [0.5, 0.6) is 0 Å². The first-order valence-corrected chi connectivity index (χ1v) is 12.3. The molecule has 4 atom stereocenters. The van der Waals surface area contributed by atoms with Crippen LogP contribution in [0.1, 0.15) is 58.2 Å². The van der Waals surface area contributed by atoms with E-state index >= 15 is 0 Å². The molecule has 7 heteroatoms. The zero-order valence-electron chi connectivity index (χ0n) is 20.0. The van der Waals surface area contributed by atoms with Crippen LogP contribution < -0.4 is 0 Å². The largest absolute Gasteiger partial charge is 0.377 e. The minimum Gasteiger partial charge on any atom is -0.377 e.